The largest absolute Gasteiger partial charge is 0.481 e. The van der Waals surface area contributed by atoms with E-state index in [1.807, 2.05) is 16.0 Å². The molecule has 0 saturated heterocycles. The molecule has 13 heteroatoms. The highest BCUT2D eigenvalue weighted by atomic mass is 16.4. The van der Waals surface area contributed by atoms with Crippen molar-refractivity contribution >= 4 is 35.6 Å². The smallest absolute Gasteiger partial charge is 0.322 e. The highest BCUT2D eigenvalue weighted by Crippen LogP contribution is 1.98. The summed E-state index contributed by atoms with van der Waals surface area (Å²) in [6, 6.07) is -3.10. The minimum Gasteiger partial charge on any atom is -0.481 e. The summed E-state index contributed by atoms with van der Waals surface area (Å²) in [6.07, 6.45) is -1.47. The number of nitrogens with two attached hydrogens (primary N) is 2. The fourth-order valence-electron chi connectivity index (χ4n) is 1.61. The lowest BCUT2D eigenvalue weighted by molar-refractivity contribution is -0.141. The molecule has 0 saturated carbocycles. The molecule has 0 bridgehead atoms. The summed E-state index contributed by atoms with van der Waals surface area (Å²) in [5.41, 5.74) is 10.0. The summed E-state index contributed by atoms with van der Waals surface area (Å²) >= 11 is 0. The maximum atomic E-state index is 12.1. The van der Waals surface area contributed by atoms with Crippen molar-refractivity contribution in [2.24, 2.45) is 11.5 Å². The number of amides is 4. The van der Waals surface area contributed by atoms with Gasteiger partial charge in [0.25, 0.3) is 0 Å². The minimum absolute atomic E-state index is 0.507. The fraction of sp³-hybridized carbons (Fsp3) is 0.500. The summed E-state index contributed by atoms with van der Waals surface area (Å²) in [5.74, 6) is -6.68. The topological polar surface area (TPSA) is 231 Å². The van der Waals surface area contributed by atoms with Crippen molar-refractivity contribution in [3.05, 3.63) is 0 Å². The van der Waals surface area contributed by atoms with E-state index >= 15 is 0 Å². The second-order valence-electron chi connectivity index (χ2n) is 4.77. The van der Waals surface area contributed by atoms with Crippen LogP contribution in [0.1, 0.15) is 12.8 Å². The van der Waals surface area contributed by atoms with E-state index in [1.165, 1.54) is 0 Å². The van der Waals surface area contributed by atoms with Gasteiger partial charge in [-0.25, -0.2) is 0 Å². The van der Waals surface area contributed by atoms with Crippen molar-refractivity contribution in [1.29, 1.82) is 0 Å². The Bertz CT molecular complexity index is 564. The van der Waals surface area contributed by atoms with E-state index in [2.05, 4.69) is 0 Å². The van der Waals surface area contributed by atoms with Crippen molar-refractivity contribution in [3.8, 4) is 0 Å². The number of carboxylic acids is 2. The molecular formula is C12H19N5O8. The Kier molecular flexibility index (Phi) is 9.18. The Morgan fingerprint density at radius 1 is 0.840 bits per heavy atom. The number of hydrogen-bond donors (Lipinski definition) is 7. The summed E-state index contributed by atoms with van der Waals surface area (Å²) < 4.78 is 0. The van der Waals surface area contributed by atoms with E-state index in [4.69, 9.17) is 21.7 Å². The number of primary amides is 1. The number of hydrogen-bond acceptors (Lipinski definition) is 7. The van der Waals surface area contributed by atoms with Gasteiger partial charge in [-0.3, -0.25) is 28.8 Å². The van der Waals surface area contributed by atoms with Gasteiger partial charge in [-0.2, -0.15) is 0 Å². The van der Waals surface area contributed by atoms with E-state index in [0.29, 0.717) is 0 Å². The normalized spacial score (nSPS) is 12.4. The highest BCUT2D eigenvalue weighted by molar-refractivity contribution is 5.96. The molecule has 0 fully saturated rings. The van der Waals surface area contributed by atoms with Crippen molar-refractivity contribution in [2.75, 3.05) is 13.1 Å². The van der Waals surface area contributed by atoms with E-state index in [-0.39, 0.29) is 0 Å². The zero-order valence-corrected chi connectivity index (χ0v) is 13.0. The van der Waals surface area contributed by atoms with Gasteiger partial charge in [-0.05, 0) is 0 Å². The molecule has 4 amide bonds. The molecule has 0 aromatic heterocycles. The van der Waals surface area contributed by atoms with Crippen LogP contribution in [0.2, 0.25) is 0 Å². The SMILES string of the molecule is NCC(=O)NC(CC(=O)O)C(=O)NC(CC(N)=O)C(=O)NCC(=O)O. The van der Waals surface area contributed by atoms with Crippen molar-refractivity contribution in [3.63, 3.8) is 0 Å². The van der Waals surface area contributed by atoms with Crippen LogP contribution in [0.25, 0.3) is 0 Å². The number of carbonyl (C=O) groups excluding carboxylic acids is 4. The van der Waals surface area contributed by atoms with Gasteiger partial charge in [-0.1, -0.05) is 0 Å². The third-order valence-corrected chi connectivity index (χ3v) is 2.67. The molecule has 0 aliphatic heterocycles. The Hall–Kier alpha value is -3.22. The predicted octanol–water partition coefficient (Wildman–Crippen LogP) is -4.53. The van der Waals surface area contributed by atoms with Gasteiger partial charge in [0.1, 0.15) is 18.6 Å². The summed E-state index contributed by atoms with van der Waals surface area (Å²) in [5, 5.41) is 23.3. The van der Waals surface area contributed by atoms with Crippen LogP contribution in [0.15, 0.2) is 0 Å². The molecule has 0 spiro atoms. The average Bonchev–Trinajstić information content (AvgIpc) is 2.49. The Morgan fingerprint density at radius 2 is 1.40 bits per heavy atom. The van der Waals surface area contributed by atoms with Crippen LogP contribution in [-0.2, 0) is 28.8 Å². The first-order valence-corrected chi connectivity index (χ1v) is 6.86. The maximum Gasteiger partial charge on any atom is 0.322 e. The zero-order valence-electron chi connectivity index (χ0n) is 13.0. The summed E-state index contributed by atoms with van der Waals surface area (Å²) in [7, 11) is 0. The van der Waals surface area contributed by atoms with E-state index in [1.54, 1.807) is 0 Å². The third kappa shape index (κ3) is 9.50. The monoisotopic (exact) mass is 361 g/mol. The lowest BCUT2D eigenvalue weighted by atomic mass is 10.1. The van der Waals surface area contributed by atoms with Crippen LogP contribution < -0.4 is 27.4 Å². The summed E-state index contributed by atoms with van der Waals surface area (Å²) in [6.45, 7) is -1.28. The van der Waals surface area contributed by atoms with Crippen LogP contribution in [0.3, 0.4) is 0 Å². The van der Waals surface area contributed by atoms with E-state index < -0.39 is 73.6 Å². The van der Waals surface area contributed by atoms with Gasteiger partial charge in [0.15, 0.2) is 0 Å². The van der Waals surface area contributed by atoms with Gasteiger partial charge in [-0.15, -0.1) is 0 Å². The molecule has 0 aliphatic carbocycles. The first kappa shape index (κ1) is 21.8. The molecule has 25 heavy (non-hydrogen) atoms. The summed E-state index contributed by atoms with van der Waals surface area (Å²) in [4.78, 5) is 67.4. The minimum atomic E-state index is -1.56. The first-order valence-electron chi connectivity index (χ1n) is 6.86. The van der Waals surface area contributed by atoms with Crippen LogP contribution >= 0.6 is 0 Å². The predicted molar refractivity (Wildman–Crippen MR) is 79.6 cm³/mol. The van der Waals surface area contributed by atoms with Gasteiger partial charge < -0.3 is 37.6 Å². The number of nitrogens with one attached hydrogen (secondary N) is 3. The first-order chi connectivity index (χ1) is 11.6. The van der Waals surface area contributed by atoms with Crippen molar-refractivity contribution in [1.82, 2.24) is 16.0 Å². The standard InChI is InChI=1S/C12H19N5O8/c13-3-8(19)16-6(2-9(20)21)12(25)17-5(1-7(14)18)11(24)15-4-10(22)23/h5-6H,1-4,13H2,(H2,14,18)(H,15,24)(H,16,19)(H,17,25)(H,20,21)(H,22,23). The molecule has 140 valence electrons. The molecule has 0 radical (unpaired) electrons. The Morgan fingerprint density at radius 3 is 1.84 bits per heavy atom. The molecule has 13 nitrogen and oxygen atoms in total. The molecule has 0 aromatic carbocycles. The fourth-order valence-corrected chi connectivity index (χ4v) is 1.61. The number of carboxylic acid groups (broad SMARTS) is 2. The molecule has 0 aliphatic rings. The van der Waals surface area contributed by atoms with Crippen LogP contribution in [0.5, 0.6) is 0 Å². The van der Waals surface area contributed by atoms with Crippen LogP contribution in [-0.4, -0.2) is 71.0 Å². The Labute approximate surface area is 141 Å². The third-order valence-electron chi connectivity index (χ3n) is 2.67. The number of carbonyl (C=O) groups is 6. The molecular weight excluding hydrogens is 342 g/mol. The number of aliphatic carboxylic acids is 2. The average molecular weight is 361 g/mol. The lowest BCUT2D eigenvalue weighted by Crippen LogP contribution is -2.56. The molecule has 0 rings (SSSR count). The van der Waals surface area contributed by atoms with Gasteiger partial charge >= 0.3 is 11.9 Å². The molecule has 2 atom stereocenters. The maximum absolute atomic E-state index is 12.1. The van der Waals surface area contributed by atoms with Gasteiger partial charge in [0.05, 0.1) is 19.4 Å². The number of rotatable bonds is 11. The Balaban J connectivity index is 5.12. The van der Waals surface area contributed by atoms with E-state index in [0.717, 1.165) is 0 Å². The quantitative estimate of drug-likeness (QED) is 0.187. The highest BCUT2D eigenvalue weighted by Gasteiger charge is 2.29. The van der Waals surface area contributed by atoms with Crippen molar-refractivity contribution < 1.29 is 39.0 Å². The second kappa shape index (κ2) is 10.5. The van der Waals surface area contributed by atoms with E-state index in [9.17, 15) is 28.8 Å². The van der Waals surface area contributed by atoms with Gasteiger partial charge in [0.2, 0.25) is 23.6 Å². The molecule has 2 unspecified atom stereocenters. The zero-order chi connectivity index (χ0) is 19.6. The molecule has 0 aromatic rings. The van der Waals surface area contributed by atoms with Crippen LogP contribution in [0, 0.1) is 0 Å². The lowest BCUT2D eigenvalue weighted by Gasteiger charge is -2.21. The van der Waals surface area contributed by atoms with Crippen LogP contribution in [0.4, 0.5) is 0 Å². The molecule has 0 heterocycles. The molecule has 9 N–H and O–H groups in total. The second-order valence-corrected chi connectivity index (χ2v) is 4.77. The van der Waals surface area contributed by atoms with Crippen molar-refractivity contribution in [2.45, 2.75) is 24.9 Å². The van der Waals surface area contributed by atoms with Gasteiger partial charge in [0, 0.05) is 0 Å².